The molecule has 3 heteroatoms. The van der Waals surface area contributed by atoms with E-state index in [0.717, 1.165) is 11.5 Å². The van der Waals surface area contributed by atoms with E-state index in [1.54, 1.807) is 6.33 Å². The fourth-order valence-corrected chi connectivity index (χ4v) is 2.13. The quantitative estimate of drug-likeness (QED) is 0.901. The molecule has 1 N–H and O–H groups in total. The van der Waals surface area contributed by atoms with Gasteiger partial charge < -0.3 is 5.32 Å². The van der Waals surface area contributed by atoms with E-state index >= 15 is 0 Å². The molecule has 0 aliphatic rings. The minimum Gasteiger partial charge on any atom is -0.363 e. The van der Waals surface area contributed by atoms with Crippen LogP contribution < -0.4 is 5.32 Å². The van der Waals surface area contributed by atoms with E-state index in [4.69, 9.17) is 0 Å². The fourth-order valence-electron chi connectivity index (χ4n) is 2.13. The van der Waals surface area contributed by atoms with Crippen molar-refractivity contribution in [3.63, 3.8) is 0 Å². The average molecular weight is 255 g/mol. The van der Waals surface area contributed by atoms with Crippen molar-refractivity contribution in [1.82, 2.24) is 9.97 Å². The van der Waals surface area contributed by atoms with Gasteiger partial charge in [-0.1, -0.05) is 51.1 Å². The normalized spacial score (nSPS) is 13.1. The lowest BCUT2D eigenvalue weighted by Gasteiger charge is -2.32. The van der Waals surface area contributed by atoms with Gasteiger partial charge in [-0.15, -0.1) is 0 Å². The summed E-state index contributed by atoms with van der Waals surface area (Å²) >= 11 is 0. The minimum absolute atomic E-state index is 0.0974. The van der Waals surface area contributed by atoms with Crippen LogP contribution in [0.5, 0.6) is 0 Å². The molecule has 1 atom stereocenters. The van der Waals surface area contributed by atoms with Gasteiger partial charge in [-0.25, -0.2) is 9.97 Å². The SMILES string of the molecule is Cc1cc(NC(c2ccccc2)C(C)(C)C)ncn1. The molecule has 1 aromatic heterocycles. The summed E-state index contributed by atoms with van der Waals surface area (Å²) in [4.78, 5) is 8.43. The molecule has 0 aliphatic heterocycles. The van der Waals surface area contributed by atoms with Crippen LogP contribution in [0.2, 0.25) is 0 Å². The third-order valence-electron chi connectivity index (χ3n) is 3.09. The molecule has 3 nitrogen and oxygen atoms in total. The lowest BCUT2D eigenvalue weighted by molar-refractivity contribution is 0.347. The number of nitrogens with one attached hydrogen (secondary N) is 1. The predicted octanol–water partition coefficient (Wildman–Crippen LogP) is 3.98. The van der Waals surface area contributed by atoms with E-state index in [9.17, 15) is 0 Å². The molecule has 0 amide bonds. The van der Waals surface area contributed by atoms with Gasteiger partial charge in [0.25, 0.3) is 0 Å². The van der Waals surface area contributed by atoms with Crippen LogP contribution in [0.1, 0.15) is 38.1 Å². The largest absolute Gasteiger partial charge is 0.363 e. The monoisotopic (exact) mass is 255 g/mol. The highest BCUT2D eigenvalue weighted by Crippen LogP contribution is 2.35. The van der Waals surface area contributed by atoms with Crippen molar-refractivity contribution >= 4 is 5.82 Å². The summed E-state index contributed by atoms with van der Waals surface area (Å²) in [6.45, 7) is 8.66. The summed E-state index contributed by atoms with van der Waals surface area (Å²) < 4.78 is 0. The van der Waals surface area contributed by atoms with Crippen molar-refractivity contribution in [1.29, 1.82) is 0 Å². The maximum absolute atomic E-state index is 4.30. The number of rotatable bonds is 3. The minimum atomic E-state index is 0.0974. The lowest BCUT2D eigenvalue weighted by atomic mass is 9.82. The van der Waals surface area contributed by atoms with Crippen molar-refractivity contribution in [2.75, 3.05) is 5.32 Å². The van der Waals surface area contributed by atoms with Crippen LogP contribution in [0.4, 0.5) is 5.82 Å². The summed E-state index contributed by atoms with van der Waals surface area (Å²) in [5.74, 6) is 0.872. The van der Waals surface area contributed by atoms with Crippen molar-refractivity contribution < 1.29 is 0 Å². The third kappa shape index (κ3) is 3.53. The molecule has 0 saturated heterocycles. The molecule has 0 aliphatic carbocycles. The molecular formula is C16H21N3. The third-order valence-corrected chi connectivity index (χ3v) is 3.09. The van der Waals surface area contributed by atoms with Crippen molar-refractivity contribution in [2.24, 2.45) is 5.41 Å². The molecule has 1 heterocycles. The first-order valence-corrected chi connectivity index (χ1v) is 6.57. The highest BCUT2D eigenvalue weighted by molar-refractivity contribution is 5.39. The van der Waals surface area contributed by atoms with Gasteiger partial charge in [-0.05, 0) is 17.9 Å². The van der Waals surface area contributed by atoms with E-state index in [1.165, 1.54) is 5.56 Å². The number of aromatic nitrogens is 2. The first-order valence-electron chi connectivity index (χ1n) is 6.57. The summed E-state index contributed by atoms with van der Waals surface area (Å²) in [6.07, 6.45) is 1.60. The van der Waals surface area contributed by atoms with E-state index in [1.807, 2.05) is 19.1 Å². The Morgan fingerprint density at radius 1 is 1.05 bits per heavy atom. The average Bonchev–Trinajstić information content (AvgIpc) is 2.36. The standard InChI is InChI=1S/C16H21N3/c1-12-10-14(18-11-17-12)19-15(16(2,3)4)13-8-6-5-7-9-13/h5-11,15H,1-4H3,(H,17,18,19). The van der Waals surface area contributed by atoms with Gasteiger partial charge >= 0.3 is 0 Å². The zero-order chi connectivity index (χ0) is 13.9. The molecule has 1 aromatic carbocycles. The molecule has 0 fully saturated rings. The number of hydrogen-bond acceptors (Lipinski definition) is 3. The Morgan fingerprint density at radius 3 is 2.32 bits per heavy atom. The number of benzene rings is 1. The topological polar surface area (TPSA) is 37.8 Å². The van der Waals surface area contributed by atoms with Crippen LogP contribution in [0.15, 0.2) is 42.7 Å². The van der Waals surface area contributed by atoms with Crippen LogP contribution in [-0.4, -0.2) is 9.97 Å². The molecule has 0 bridgehead atoms. The van der Waals surface area contributed by atoms with Gasteiger partial charge in [0.2, 0.25) is 0 Å². The second-order valence-electron chi connectivity index (χ2n) is 5.90. The van der Waals surface area contributed by atoms with Crippen LogP contribution in [0.3, 0.4) is 0 Å². The van der Waals surface area contributed by atoms with Crippen LogP contribution in [0.25, 0.3) is 0 Å². The van der Waals surface area contributed by atoms with E-state index < -0.39 is 0 Å². The highest BCUT2D eigenvalue weighted by Gasteiger charge is 2.26. The van der Waals surface area contributed by atoms with Crippen molar-refractivity contribution in [3.8, 4) is 0 Å². The Balaban J connectivity index is 2.30. The molecule has 2 rings (SSSR count). The maximum atomic E-state index is 4.30. The zero-order valence-electron chi connectivity index (χ0n) is 12.0. The smallest absolute Gasteiger partial charge is 0.130 e. The summed E-state index contributed by atoms with van der Waals surface area (Å²) in [5.41, 5.74) is 2.34. The molecule has 1 unspecified atom stereocenters. The summed E-state index contributed by atoms with van der Waals surface area (Å²) in [7, 11) is 0. The second kappa shape index (κ2) is 5.39. The Hall–Kier alpha value is -1.90. The molecule has 0 radical (unpaired) electrons. The second-order valence-corrected chi connectivity index (χ2v) is 5.90. The van der Waals surface area contributed by atoms with Crippen molar-refractivity contribution in [3.05, 3.63) is 54.0 Å². The first-order chi connectivity index (χ1) is 8.97. The lowest BCUT2D eigenvalue weighted by Crippen LogP contribution is -2.26. The number of hydrogen-bond donors (Lipinski definition) is 1. The molecule has 100 valence electrons. The van der Waals surface area contributed by atoms with Gasteiger partial charge in [0.05, 0.1) is 6.04 Å². The van der Waals surface area contributed by atoms with Crippen LogP contribution in [0, 0.1) is 12.3 Å². The molecule has 0 spiro atoms. The van der Waals surface area contributed by atoms with E-state index in [0.29, 0.717) is 0 Å². The van der Waals surface area contributed by atoms with E-state index in [-0.39, 0.29) is 11.5 Å². The zero-order valence-corrected chi connectivity index (χ0v) is 12.0. The van der Waals surface area contributed by atoms with Gasteiger partial charge in [0.15, 0.2) is 0 Å². The van der Waals surface area contributed by atoms with Gasteiger partial charge in [0, 0.05) is 11.8 Å². The van der Waals surface area contributed by atoms with Gasteiger partial charge in [-0.3, -0.25) is 0 Å². The summed E-state index contributed by atoms with van der Waals surface area (Å²) in [5, 5.41) is 3.52. The number of anilines is 1. The first kappa shape index (κ1) is 13.5. The Labute approximate surface area is 115 Å². The fraction of sp³-hybridized carbons (Fsp3) is 0.375. The molecule has 2 aromatic rings. The molecule has 0 saturated carbocycles. The molecular weight excluding hydrogens is 234 g/mol. The van der Waals surface area contributed by atoms with Crippen LogP contribution in [-0.2, 0) is 0 Å². The Morgan fingerprint density at radius 2 is 1.74 bits per heavy atom. The summed E-state index contributed by atoms with van der Waals surface area (Å²) in [6, 6.07) is 12.7. The maximum Gasteiger partial charge on any atom is 0.130 e. The van der Waals surface area contributed by atoms with E-state index in [2.05, 4.69) is 60.3 Å². The number of nitrogens with zero attached hydrogens (tertiary/aromatic N) is 2. The molecule has 19 heavy (non-hydrogen) atoms. The Bertz CT molecular complexity index is 529. The van der Waals surface area contributed by atoms with Crippen molar-refractivity contribution in [2.45, 2.75) is 33.7 Å². The highest BCUT2D eigenvalue weighted by atomic mass is 15.0. The Kier molecular flexibility index (Phi) is 3.84. The van der Waals surface area contributed by atoms with Gasteiger partial charge in [0.1, 0.15) is 12.1 Å². The number of aryl methyl sites for hydroxylation is 1. The van der Waals surface area contributed by atoms with Crippen LogP contribution >= 0.6 is 0 Å². The predicted molar refractivity (Wildman–Crippen MR) is 79.0 cm³/mol. The van der Waals surface area contributed by atoms with Gasteiger partial charge in [-0.2, -0.15) is 0 Å².